The van der Waals surface area contributed by atoms with E-state index in [4.69, 9.17) is 0 Å². The SMILES string of the molecule is Cc1csc2ncnc(Nc3ccccc3OC(F)(F)C(F)F)c12. The monoisotopic (exact) mass is 357 g/mol. The summed E-state index contributed by atoms with van der Waals surface area (Å²) in [6, 6.07) is 5.59. The molecule has 2 heterocycles. The molecular weight excluding hydrogens is 346 g/mol. The zero-order valence-corrected chi connectivity index (χ0v) is 13.1. The van der Waals surface area contributed by atoms with E-state index in [1.807, 2.05) is 12.3 Å². The van der Waals surface area contributed by atoms with Crippen molar-refractivity contribution in [2.45, 2.75) is 19.5 Å². The van der Waals surface area contributed by atoms with E-state index in [2.05, 4.69) is 20.0 Å². The molecule has 3 aromatic rings. The second kappa shape index (κ2) is 6.23. The minimum Gasteiger partial charge on any atom is -0.426 e. The van der Waals surface area contributed by atoms with Gasteiger partial charge in [-0.05, 0) is 30.0 Å². The molecule has 4 nitrogen and oxygen atoms in total. The molecule has 0 aliphatic carbocycles. The average molecular weight is 357 g/mol. The lowest BCUT2D eigenvalue weighted by molar-refractivity contribution is -0.252. The van der Waals surface area contributed by atoms with E-state index in [1.165, 1.54) is 35.9 Å². The van der Waals surface area contributed by atoms with Gasteiger partial charge in [0.1, 0.15) is 22.7 Å². The number of hydrogen-bond acceptors (Lipinski definition) is 5. The van der Waals surface area contributed by atoms with Gasteiger partial charge in [0.15, 0.2) is 0 Å². The Labute approximate surface area is 138 Å². The summed E-state index contributed by atoms with van der Waals surface area (Å²) >= 11 is 1.42. The maximum Gasteiger partial charge on any atom is 0.461 e. The lowest BCUT2D eigenvalue weighted by atomic mass is 10.2. The van der Waals surface area contributed by atoms with Crippen LogP contribution < -0.4 is 10.1 Å². The Morgan fingerprint density at radius 3 is 2.71 bits per heavy atom. The van der Waals surface area contributed by atoms with Crippen molar-refractivity contribution in [1.82, 2.24) is 9.97 Å². The van der Waals surface area contributed by atoms with Gasteiger partial charge in [0, 0.05) is 0 Å². The van der Waals surface area contributed by atoms with Gasteiger partial charge in [-0.15, -0.1) is 11.3 Å². The normalized spacial score (nSPS) is 11.9. The summed E-state index contributed by atoms with van der Waals surface area (Å²) in [5.41, 5.74) is 1.01. The number of nitrogens with one attached hydrogen (secondary N) is 1. The fourth-order valence-electron chi connectivity index (χ4n) is 2.09. The first kappa shape index (κ1) is 16.4. The topological polar surface area (TPSA) is 47.0 Å². The highest BCUT2D eigenvalue weighted by atomic mass is 32.1. The number of halogens is 4. The maximum atomic E-state index is 13.2. The molecule has 0 aliphatic heterocycles. The van der Waals surface area contributed by atoms with Gasteiger partial charge in [-0.25, -0.2) is 9.97 Å². The van der Waals surface area contributed by atoms with Crippen LogP contribution in [0.5, 0.6) is 5.75 Å². The molecule has 0 bridgehead atoms. The van der Waals surface area contributed by atoms with Crippen LogP contribution in [-0.2, 0) is 0 Å². The second-order valence-electron chi connectivity index (χ2n) is 4.91. The molecule has 9 heteroatoms. The summed E-state index contributed by atoms with van der Waals surface area (Å²) in [4.78, 5) is 8.95. The molecule has 0 radical (unpaired) electrons. The smallest absolute Gasteiger partial charge is 0.426 e. The molecule has 0 atom stereocenters. The van der Waals surface area contributed by atoms with E-state index in [-0.39, 0.29) is 5.69 Å². The zero-order chi connectivity index (χ0) is 17.3. The Balaban J connectivity index is 1.97. The van der Waals surface area contributed by atoms with Crippen LogP contribution >= 0.6 is 11.3 Å². The van der Waals surface area contributed by atoms with E-state index in [0.29, 0.717) is 5.82 Å². The minimum atomic E-state index is -4.59. The number of anilines is 2. The summed E-state index contributed by atoms with van der Waals surface area (Å²) in [7, 11) is 0. The summed E-state index contributed by atoms with van der Waals surface area (Å²) in [5, 5.41) is 5.48. The molecule has 0 saturated carbocycles. The number of rotatable bonds is 5. The van der Waals surface area contributed by atoms with Crippen LogP contribution in [0.4, 0.5) is 29.1 Å². The highest BCUT2D eigenvalue weighted by molar-refractivity contribution is 7.17. The van der Waals surface area contributed by atoms with Crippen LogP contribution in [0.3, 0.4) is 0 Å². The first-order valence-corrected chi connectivity index (χ1v) is 7.66. The van der Waals surface area contributed by atoms with Gasteiger partial charge in [-0.1, -0.05) is 12.1 Å². The summed E-state index contributed by atoms with van der Waals surface area (Å²) in [6.45, 7) is 1.86. The van der Waals surface area contributed by atoms with Crippen LogP contribution in [0.2, 0.25) is 0 Å². The van der Waals surface area contributed by atoms with Crippen LogP contribution in [0.25, 0.3) is 10.2 Å². The largest absolute Gasteiger partial charge is 0.461 e. The molecule has 126 valence electrons. The van der Waals surface area contributed by atoms with Crippen molar-refractivity contribution in [3.8, 4) is 5.75 Å². The molecular formula is C15H11F4N3OS. The summed E-state index contributed by atoms with van der Waals surface area (Å²) < 4.78 is 55.3. The van der Waals surface area contributed by atoms with Crippen molar-refractivity contribution < 1.29 is 22.3 Å². The number of aromatic nitrogens is 2. The summed E-state index contributed by atoms with van der Waals surface area (Å²) in [5.74, 6) is -0.0161. The van der Waals surface area contributed by atoms with Crippen molar-refractivity contribution in [3.05, 3.63) is 41.5 Å². The number of ether oxygens (including phenoxy) is 1. The molecule has 0 fully saturated rings. The Bertz CT molecular complexity index is 869. The van der Waals surface area contributed by atoms with Crippen molar-refractivity contribution in [2.24, 2.45) is 0 Å². The number of thiophene rings is 1. The lowest BCUT2D eigenvalue weighted by Gasteiger charge is -2.19. The molecule has 2 aromatic heterocycles. The number of hydrogen-bond donors (Lipinski definition) is 1. The highest BCUT2D eigenvalue weighted by Crippen LogP contribution is 2.36. The van der Waals surface area contributed by atoms with Crippen molar-refractivity contribution >= 4 is 33.1 Å². The molecule has 0 amide bonds. The van der Waals surface area contributed by atoms with Crippen molar-refractivity contribution in [3.63, 3.8) is 0 Å². The highest BCUT2D eigenvalue weighted by Gasteiger charge is 2.44. The van der Waals surface area contributed by atoms with Gasteiger partial charge in [-0.2, -0.15) is 17.6 Å². The second-order valence-corrected chi connectivity index (χ2v) is 5.76. The van der Waals surface area contributed by atoms with E-state index in [1.54, 1.807) is 6.07 Å². The van der Waals surface area contributed by atoms with Crippen LogP contribution in [0.1, 0.15) is 5.56 Å². The minimum absolute atomic E-state index is 0.100. The number of fused-ring (bicyclic) bond motifs is 1. The van der Waals surface area contributed by atoms with Crippen LogP contribution in [0, 0.1) is 6.92 Å². The van der Waals surface area contributed by atoms with Gasteiger partial charge >= 0.3 is 12.5 Å². The number of aryl methyl sites for hydroxylation is 1. The number of benzene rings is 1. The van der Waals surface area contributed by atoms with E-state index in [0.717, 1.165) is 15.8 Å². The molecule has 1 N–H and O–H groups in total. The van der Waals surface area contributed by atoms with Crippen molar-refractivity contribution in [2.75, 3.05) is 5.32 Å². The molecule has 0 unspecified atom stereocenters. The number of para-hydroxylation sites is 2. The number of nitrogens with zero attached hydrogens (tertiary/aromatic N) is 2. The lowest BCUT2D eigenvalue weighted by Crippen LogP contribution is -2.33. The quantitative estimate of drug-likeness (QED) is 0.654. The Hall–Kier alpha value is -2.42. The fraction of sp³-hybridized carbons (Fsp3) is 0.200. The maximum absolute atomic E-state index is 13.2. The molecule has 24 heavy (non-hydrogen) atoms. The third-order valence-electron chi connectivity index (χ3n) is 3.19. The third kappa shape index (κ3) is 3.12. The molecule has 0 aliphatic rings. The van der Waals surface area contributed by atoms with Gasteiger partial charge < -0.3 is 10.1 Å². The predicted octanol–water partition coefficient (Wildman–Crippen LogP) is 4.98. The van der Waals surface area contributed by atoms with Gasteiger partial charge in [-0.3, -0.25) is 0 Å². The van der Waals surface area contributed by atoms with Gasteiger partial charge in [0.2, 0.25) is 0 Å². The summed E-state index contributed by atoms with van der Waals surface area (Å²) in [6.07, 6.45) is -7.19. The van der Waals surface area contributed by atoms with E-state index < -0.39 is 18.3 Å². The molecule has 1 aromatic carbocycles. The number of alkyl halides is 4. The third-order valence-corrected chi connectivity index (χ3v) is 4.20. The Kier molecular flexibility index (Phi) is 4.27. The van der Waals surface area contributed by atoms with E-state index >= 15 is 0 Å². The van der Waals surface area contributed by atoms with Gasteiger partial charge in [0.05, 0.1) is 11.1 Å². The Morgan fingerprint density at radius 2 is 1.96 bits per heavy atom. The first-order valence-electron chi connectivity index (χ1n) is 6.78. The first-order chi connectivity index (χ1) is 11.4. The van der Waals surface area contributed by atoms with Crippen LogP contribution in [0.15, 0.2) is 36.0 Å². The fourth-order valence-corrected chi connectivity index (χ4v) is 2.98. The van der Waals surface area contributed by atoms with Crippen LogP contribution in [-0.4, -0.2) is 22.5 Å². The van der Waals surface area contributed by atoms with Gasteiger partial charge in [0.25, 0.3) is 0 Å². The standard InChI is InChI=1S/C15H11F4N3OS/c1-8-6-24-13-11(8)12(20-7-21-13)22-9-4-2-3-5-10(9)23-15(18,19)14(16)17/h2-7,14H,1H3,(H,20,21,22). The molecule has 0 saturated heterocycles. The van der Waals surface area contributed by atoms with Crippen molar-refractivity contribution in [1.29, 1.82) is 0 Å². The molecule has 3 rings (SSSR count). The molecule has 0 spiro atoms. The van der Waals surface area contributed by atoms with E-state index in [9.17, 15) is 17.6 Å². The Morgan fingerprint density at radius 1 is 1.21 bits per heavy atom. The predicted molar refractivity (Wildman–Crippen MR) is 83.5 cm³/mol. The average Bonchev–Trinajstić information content (AvgIpc) is 2.91. The zero-order valence-electron chi connectivity index (χ0n) is 12.3.